The summed E-state index contributed by atoms with van der Waals surface area (Å²) in [4.78, 5) is 22.7. The third-order valence-electron chi connectivity index (χ3n) is 5.52. The van der Waals surface area contributed by atoms with E-state index < -0.39 is 11.2 Å². The summed E-state index contributed by atoms with van der Waals surface area (Å²) in [6.07, 6.45) is 12.4. The van der Waals surface area contributed by atoms with Crippen LogP contribution in [0.15, 0.2) is 24.3 Å². The van der Waals surface area contributed by atoms with Crippen LogP contribution in [-0.2, 0) is 9.53 Å². The number of benzene rings is 1. The Bertz CT molecular complexity index is 643. The van der Waals surface area contributed by atoms with Gasteiger partial charge in [0.2, 0.25) is 0 Å². The molecule has 0 aliphatic rings. The van der Waals surface area contributed by atoms with E-state index in [9.17, 15) is 14.7 Å². The van der Waals surface area contributed by atoms with Gasteiger partial charge in [-0.25, -0.2) is 0 Å². The molecular formula is C27H44O5. The summed E-state index contributed by atoms with van der Waals surface area (Å²) >= 11 is 0. The lowest BCUT2D eigenvalue weighted by atomic mass is 9.99. The van der Waals surface area contributed by atoms with Gasteiger partial charge in [-0.15, -0.1) is 0 Å². The number of unbranched alkanes of at least 4 members (excludes halogenated alkanes) is 7. The van der Waals surface area contributed by atoms with Gasteiger partial charge in [0, 0.05) is 12.0 Å². The van der Waals surface area contributed by atoms with Gasteiger partial charge in [0.25, 0.3) is 0 Å². The smallest absolute Gasteiger partial charge is 0.306 e. The molecule has 0 heterocycles. The van der Waals surface area contributed by atoms with Gasteiger partial charge in [0.15, 0.2) is 0 Å². The van der Waals surface area contributed by atoms with E-state index >= 15 is 0 Å². The van der Waals surface area contributed by atoms with Crippen molar-refractivity contribution in [2.24, 2.45) is 0 Å². The second-order valence-corrected chi connectivity index (χ2v) is 10.0. The Hall–Kier alpha value is -1.88. The number of aldehydes is 1. The van der Waals surface area contributed by atoms with E-state index in [0.717, 1.165) is 69.8 Å². The third-order valence-corrected chi connectivity index (χ3v) is 5.52. The lowest BCUT2D eigenvalue weighted by molar-refractivity contribution is -0.157. The predicted molar refractivity (Wildman–Crippen MR) is 129 cm³/mol. The van der Waals surface area contributed by atoms with E-state index in [4.69, 9.17) is 9.47 Å². The number of aliphatic hydroxyl groups is 1. The fraction of sp³-hybridized carbons (Fsp3) is 0.704. The van der Waals surface area contributed by atoms with Crippen molar-refractivity contribution >= 4 is 12.3 Å². The monoisotopic (exact) mass is 448 g/mol. The Morgan fingerprint density at radius 2 is 1.41 bits per heavy atom. The Labute approximate surface area is 194 Å². The van der Waals surface area contributed by atoms with Crippen molar-refractivity contribution in [3.05, 3.63) is 29.8 Å². The van der Waals surface area contributed by atoms with Gasteiger partial charge in [0.1, 0.15) is 17.6 Å². The topological polar surface area (TPSA) is 72.8 Å². The van der Waals surface area contributed by atoms with E-state index in [0.29, 0.717) is 18.6 Å². The average Bonchev–Trinajstić information content (AvgIpc) is 2.71. The Kier molecular flexibility index (Phi) is 13.2. The molecule has 0 atom stereocenters. The summed E-state index contributed by atoms with van der Waals surface area (Å²) in [7, 11) is 0. The SMILES string of the molecule is CC(C)(O)CCCCCC(=O)OC(C)(C)CCCCCCCCOc1ccc(C=O)cc1. The minimum atomic E-state index is -0.623. The Balaban J connectivity index is 2.00. The number of hydrogen-bond donors (Lipinski definition) is 1. The fourth-order valence-corrected chi connectivity index (χ4v) is 3.61. The summed E-state index contributed by atoms with van der Waals surface area (Å²) < 4.78 is 11.4. The summed E-state index contributed by atoms with van der Waals surface area (Å²) in [5, 5.41) is 9.71. The highest BCUT2D eigenvalue weighted by Gasteiger charge is 2.22. The first-order valence-corrected chi connectivity index (χ1v) is 12.2. The molecule has 0 radical (unpaired) electrons. The molecule has 0 unspecified atom stereocenters. The fourth-order valence-electron chi connectivity index (χ4n) is 3.61. The average molecular weight is 449 g/mol. The zero-order valence-electron chi connectivity index (χ0n) is 20.7. The molecule has 0 amide bonds. The molecule has 0 saturated heterocycles. The van der Waals surface area contributed by atoms with Crippen LogP contribution in [0.1, 0.15) is 115 Å². The van der Waals surface area contributed by atoms with Crippen LogP contribution in [0, 0.1) is 0 Å². The first kappa shape index (κ1) is 28.2. The molecule has 1 N–H and O–H groups in total. The molecule has 1 rings (SSSR count). The highest BCUT2D eigenvalue weighted by atomic mass is 16.6. The lowest BCUT2D eigenvalue weighted by Gasteiger charge is -2.25. The highest BCUT2D eigenvalue weighted by Crippen LogP contribution is 2.21. The zero-order valence-corrected chi connectivity index (χ0v) is 20.7. The first-order chi connectivity index (χ1) is 15.1. The normalized spacial score (nSPS) is 11.9. The molecule has 0 aliphatic carbocycles. The molecule has 0 bridgehead atoms. The number of hydrogen-bond acceptors (Lipinski definition) is 5. The number of esters is 1. The highest BCUT2D eigenvalue weighted by molar-refractivity contribution is 5.74. The van der Waals surface area contributed by atoms with Crippen molar-refractivity contribution in [1.29, 1.82) is 0 Å². The molecule has 5 heteroatoms. The second kappa shape index (κ2) is 15.0. The van der Waals surface area contributed by atoms with Crippen LogP contribution in [-0.4, -0.2) is 35.2 Å². The summed E-state index contributed by atoms with van der Waals surface area (Å²) in [5.74, 6) is 0.695. The molecule has 1 aromatic carbocycles. The first-order valence-electron chi connectivity index (χ1n) is 12.2. The standard InChI is InChI=1S/C27H44O5/c1-26(2,30)19-11-9-10-14-25(29)32-27(3,4)20-12-7-5-6-8-13-21-31-24-17-15-23(22-28)16-18-24/h15-18,22,30H,5-14,19-21H2,1-4H3. The molecular weight excluding hydrogens is 404 g/mol. The number of rotatable bonds is 18. The van der Waals surface area contributed by atoms with Crippen molar-refractivity contribution in [2.75, 3.05) is 6.61 Å². The molecule has 0 fully saturated rings. The van der Waals surface area contributed by atoms with Gasteiger partial charge >= 0.3 is 5.97 Å². The van der Waals surface area contributed by atoms with Gasteiger partial charge in [0.05, 0.1) is 12.2 Å². The van der Waals surface area contributed by atoms with Gasteiger partial charge < -0.3 is 14.6 Å². The van der Waals surface area contributed by atoms with Crippen LogP contribution in [0.25, 0.3) is 0 Å². The van der Waals surface area contributed by atoms with Crippen molar-refractivity contribution in [1.82, 2.24) is 0 Å². The quantitative estimate of drug-likeness (QED) is 0.155. The van der Waals surface area contributed by atoms with Crippen LogP contribution in [0.2, 0.25) is 0 Å². The minimum Gasteiger partial charge on any atom is -0.494 e. The molecule has 5 nitrogen and oxygen atoms in total. The van der Waals surface area contributed by atoms with Crippen LogP contribution < -0.4 is 4.74 Å². The molecule has 182 valence electrons. The van der Waals surface area contributed by atoms with Crippen LogP contribution in [0.3, 0.4) is 0 Å². The van der Waals surface area contributed by atoms with E-state index in [-0.39, 0.29) is 5.97 Å². The van der Waals surface area contributed by atoms with Crippen molar-refractivity contribution in [3.63, 3.8) is 0 Å². The maximum atomic E-state index is 12.1. The Morgan fingerprint density at radius 3 is 2.03 bits per heavy atom. The van der Waals surface area contributed by atoms with Crippen LogP contribution >= 0.6 is 0 Å². The van der Waals surface area contributed by atoms with E-state index in [1.54, 1.807) is 12.1 Å². The van der Waals surface area contributed by atoms with Crippen LogP contribution in [0.4, 0.5) is 0 Å². The summed E-state index contributed by atoms with van der Waals surface area (Å²) in [5.41, 5.74) is -0.368. The van der Waals surface area contributed by atoms with Crippen molar-refractivity contribution in [3.8, 4) is 5.75 Å². The molecule has 0 aromatic heterocycles. The number of carbonyl (C=O) groups is 2. The van der Waals surface area contributed by atoms with Crippen molar-refractivity contribution in [2.45, 2.75) is 116 Å². The van der Waals surface area contributed by atoms with E-state index in [1.807, 2.05) is 39.8 Å². The minimum absolute atomic E-state index is 0.112. The zero-order chi connectivity index (χ0) is 23.9. The largest absolute Gasteiger partial charge is 0.494 e. The number of ether oxygens (including phenoxy) is 2. The van der Waals surface area contributed by atoms with Crippen molar-refractivity contribution < 1.29 is 24.2 Å². The number of carbonyl (C=O) groups excluding carboxylic acids is 2. The molecule has 0 spiro atoms. The predicted octanol–water partition coefficient (Wildman–Crippen LogP) is 6.65. The van der Waals surface area contributed by atoms with Gasteiger partial charge in [-0.1, -0.05) is 38.5 Å². The van der Waals surface area contributed by atoms with Gasteiger partial charge in [-0.05, 0) is 84.1 Å². The Morgan fingerprint density at radius 1 is 0.844 bits per heavy atom. The molecule has 0 aliphatic heterocycles. The summed E-state index contributed by atoms with van der Waals surface area (Å²) in [6, 6.07) is 7.19. The van der Waals surface area contributed by atoms with E-state index in [2.05, 4.69) is 0 Å². The van der Waals surface area contributed by atoms with E-state index in [1.165, 1.54) is 12.8 Å². The third kappa shape index (κ3) is 15.0. The van der Waals surface area contributed by atoms with Crippen LogP contribution in [0.5, 0.6) is 5.75 Å². The summed E-state index contributed by atoms with van der Waals surface area (Å²) in [6.45, 7) is 8.32. The molecule has 1 aromatic rings. The van der Waals surface area contributed by atoms with Gasteiger partial charge in [-0.2, -0.15) is 0 Å². The lowest BCUT2D eigenvalue weighted by Crippen LogP contribution is -2.28. The molecule has 0 saturated carbocycles. The maximum Gasteiger partial charge on any atom is 0.306 e. The van der Waals surface area contributed by atoms with Gasteiger partial charge in [-0.3, -0.25) is 9.59 Å². The maximum absolute atomic E-state index is 12.1. The molecule has 32 heavy (non-hydrogen) atoms. The second-order valence-electron chi connectivity index (χ2n) is 10.0.